The van der Waals surface area contributed by atoms with E-state index >= 15 is 0 Å². The van der Waals surface area contributed by atoms with Crippen molar-refractivity contribution in [1.29, 1.82) is 0 Å². The molecule has 3 aromatic carbocycles. The Kier molecular flexibility index (Phi) is 5.94. The number of fused-ring (bicyclic) bond motifs is 1. The smallest absolute Gasteiger partial charge is 0.232 e. The zero-order valence-electron chi connectivity index (χ0n) is 15.4. The summed E-state index contributed by atoms with van der Waals surface area (Å²) in [5.74, 6) is -0.629. The van der Waals surface area contributed by atoms with E-state index in [4.69, 9.17) is 0 Å². The molecule has 1 amide bonds. The summed E-state index contributed by atoms with van der Waals surface area (Å²) in [5, 5.41) is 4.86. The quantitative estimate of drug-likeness (QED) is 0.647. The van der Waals surface area contributed by atoms with Crippen LogP contribution in [0.25, 0.3) is 10.8 Å². The number of hydrogen-bond donors (Lipinski definition) is 1. The van der Waals surface area contributed by atoms with Crippen LogP contribution in [0.1, 0.15) is 12.8 Å². The number of carbonyl (C=O) groups excluding carboxylic acids is 1. The minimum absolute atomic E-state index is 0.132. The molecule has 1 N–H and O–H groups in total. The Hall–Kier alpha value is -2.93. The SMILES string of the molecule is CS(=O)(=O)N(CCCC(=O)Nc1cccc2ccccc12)c1ccc(F)cc1. The van der Waals surface area contributed by atoms with Crippen molar-refractivity contribution in [2.24, 2.45) is 0 Å². The molecule has 0 spiro atoms. The predicted molar refractivity (Wildman–Crippen MR) is 110 cm³/mol. The minimum atomic E-state index is -3.54. The summed E-state index contributed by atoms with van der Waals surface area (Å²) in [6.45, 7) is 0.132. The van der Waals surface area contributed by atoms with E-state index in [1.807, 2.05) is 42.5 Å². The number of benzene rings is 3. The molecule has 28 heavy (non-hydrogen) atoms. The highest BCUT2D eigenvalue weighted by molar-refractivity contribution is 7.92. The van der Waals surface area contributed by atoms with Gasteiger partial charge in [-0.15, -0.1) is 0 Å². The van der Waals surface area contributed by atoms with Gasteiger partial charge in [0.15, 0.2) is 0 Å². The fourth-order valence-corrected chi connectivity index (χ4v) is 3.99. The van der Waals surface area contributed by atoms with Crippen LogP contribution in [0.3, 0.4) is 0 Å². The number of nitrogens with one attached hydrogen (secondary N) is 1. The van der Waals surface area contributed by atoms with Gasteiger partial charge in [-0.3, -0.25) is 9.10 Å². The highest BCUT2D eigenvalue weighted by atomic mass is 32.2. The van der Waals surface area contributed by atoms with Crippen LogP contribution in [0.15, 0.2) is 66.7 Å². The highest BCUT2D eigenvalue weighted by Gasteiger charge is 2.17. The van der Waals surface area contributed by atoms with Gasteiger partial charge >= 0.3 is 0 Å². The maximum Gasteiger partial charge on any atom is 0.232 e. The molecule has 7 heteroatoms. The van der Waals surface area contributed by atoms with Gasteiger partial charge in [0.25, 0.3) is 0 Å². The minimum Gasteiger partial charge on any atom is -0.326 e. The van der Waals surface area contributed by atoms with Crippen LogP contribution >= 0.6 is 0 Å². The lowest BCUT2D eigenvalue weighted by atomic mass is 10.1. The van der Waals surface area contributed by atoms with Gasteiger partial charge in [0.1, 0.15) is 5.82 Å². The van der Waals surface area contributed by atoms with Crippen molar-refractivity contribution in [2.75, 3.05) is 22.4 Å². The van der Waals surface area contributed by atoms with Gasteiger partial charge in [0.05, 0.1) is 11.9 Å². The monoisotopic (exact) mass is 400 g/mol. The largest absolute Gasteiger partial charge is 0.326 e. The van der Waals surface area contributed by atoms with E-state index in [0.717, 1.165) is 22.7 Å². The molecule has 0 fully saturated rings. The van der Waals surface area contributed by atoms with Crippen molar-refractivity contribution < 1.29 is 17.6 Å². The number of halogens is 1. The summed E-state index contributed by atoms with van der Waals surface area (Å²) < 4.78 is 38.4. The number of amides is 1. The van der Waals surface area contributed by atoms with E-state index in [9.17, 15) is 17.6 Å². The summed E-state index contributed by atoms with van der Waals surface area (Å²) in [4.78, 5) is 12.3. The van der Waals surface area contributed by atoms with Crippen LogP contribution in [0.4, 0.5) is 15.8 Å². The van der Waals surface area contributed by atoms with Crippen molar-refractivity contribution in [3.05, 3.63) is 72.5 Å². The van der Waals surface area contributed by atoms with E-state index in [2.05, 4.69) is 5.32 Å². The molecule has 0 heterocycles. The Morgan fingerprint density at radius 2 is 1.68 bits per heavy atom. The van der Waals surface area contributed by atoms with Crippen LogP contribution in [0, 0.1) is 5.82 Å². The Labute approximate surface area is 163 Å². The lowest BCUT2D eigenvalue weighted by molar-refractivity contribution is -0.116. The molecule has 3 rings (SSSR count). The van der Waals surface area contributed by atoms with E-state index in [1.165, 1.54) is 28.6 Å². The summed E-state index contributed by atoms with van der Waals surface area (Å²) in [5.41, 5.74) is 1.10. The average molecular weight is 400 g/mol. The Morgan fingerprint density at radius 3 is 2.39 bits per heavy atom. The van der Waals surface area contributed by atoms with E-state index in [0.29, 0.717) is 12.1 Å². The van der Waals surface area contributed by atoms with E-state index in [-0.39, 0.29) is 18.9 Å². The molecule has 0 radical (unpaired) electrons. The molecule has 0 unspecified atom stereocenters. The lowest BCUT2D eigenvalue weighted by Gasteiger charge is -2.22. The van der Waals surface area contributed by atoms with E-state index < -0.39 is 15.8 Å². The molecule has 0 atom stereocenters. The fourth-order valence-electron chi connectivity index (χ4n) is 3.02. The lowest BCUT2D eigenvalue weighted by Crippen LogP contribution is -2.31. The molecule has 0 saturated heterocycles. The molecule has 0 aromatic heterocycles. The predicted octanol–water partition coefficient (Wildman–Crippen LogP) is 4.16. The zero-order chi connectivity index (χ0) is 20.1. The van der Waals surface area contributed by atoms with Crippen molar-refractivity contribution in [2.45, 2.75) is 12.8 Å². The molecule has 3 aromatic rings. The fraction of sp³-hybridized carbons (Fsp3) is 0.190. The highest BCUT2D eigenvalue weighted by Crippen LogP contribution is 2.23. The molecule has 0 bridgehead atoms. The molecule has 0 saturated carbocycles. The summed E-state index contributed by atoms with van der Waals surface area (Å²) >= 11 is 0. The van der Waals surface area contributed by atoms with Gasteiger partial charge in [-0.25, -0.2) is 12.8 Å². The first-order valence-corrected chi connectivity index (χ1v) is 10.7. The number of nitrogens with zero attached hydrogens (tertiary/aromatic N) is 1. The number of anilines is 2. The Morgan fingerprint density at radius 1 is 1.00 bits per heavy atom. The third-order valence-corrected chi connectivity index (χ3v) is 5.54. The molecular formula is C21H21FN2O3S. The van der Waals surface area contributed by atoms with Gasteiger partial charge in [0.2, 0.25) is 15.9 Å². The summed E-state index contributed by atoms with van der Waals surface area (Å²) in [7, 11) is -3.54. The number of hydrogen-bond acceptors (Lipinski definition) is 3. The van der Waals surface area contributed by atoms with Crippen molar-refractivity contribution >= 4 is 38.1 Å². The number of rotatable bonds is 7. The number of sulfonamides is 1. The van der Waals surface area contributed by atoms with Crippen LogP contribution < -0.4 is 9.62 Å². The first-order chi connectivity index (χ1) is 13.3. The summed E-state index contributed by atoms with van der Waals surface area (Å²) in [6.07, 6.45) is 1.59. The topological polar surface area (TPSA) is 66.5 Å². The summed E-state index contributed by atoms with van der Waals surface area (Å²) in [6, 6.07) is 18.7. The third-order valence-electron chi connectivity index (χ3n) is 4.34. The molecule has 146 valence electrons. The Balaban J connectivity index is 1.64. The second kappa shape index (κ2) is 8.39. The van der Waals surface area contributed by atoms with Crippen LogP contribution in [0.2, 0.25) is 0 Å². The average Bonchev–Trinajstić information content (AvgIpc) is 2.66. The van der Waals surface area contributed by atoms with Gasteiger partial charge in [-0.2, -0.15) is 0 Å². The second-order valence-electron chi connectivity index (χ2n) is 6.49. The first kappa shape index (κ1) is 19.8. The zero-order valence-corrected chi connectivity index (χ0v) is 16.2. The van der Waals surface area contributed by atoms with Crippen LogP contribution in [-0.2, 0) is 14.8 Å². The van der Waals surface area contributed by atoms with Crippen LogP contribution in [-0.4, -0.2) is 27.1 Å². The van der Waals surface area contributed by atoms with Gasteiger partial charge in [-0.1, -0.05) is 36.4 Å². The second-order valence-corrected chi connectivity index (χ2v) is 8.40. The van der Waals surface area contributed by atoms with Gasteiger partial charge in [-0.05, 0) is 42.1 Å². The molecule has 0 aliphatic rings. The molecular weight excluding hydrogens is 379 g/mol. The van der Waals surface area contributed by atoms with E-state index in [1.54, 1.807) is 0 Å². The molecule has 5 nitrogen and oxygen atoms in total. The Bertz CT molecular complexity index is 1080. The maximum atomic E-state index is 13.1. The van der Waals surface area contributed by atoms with Crippen molar-refractivity contribution in [3.8, 4) is 0 Å². The van der Waals surface area contributed by atoms with Crippen molar-refractivity contribution in [3.63, 3.8) is 0 Å². The third kappa shape index (κ3) is 4.86. The van der Waals surface area contributed by atoms with Crippen LogP contribution in [0.5, 0.6) is 0 Å². The first-order valence-electron chi connectivity index (χ1n) is 8.85. The molecule has 0 aliphatic carbocycles. The molecule has 0 aliphatic heterocycles. The standard InChI is InChI=1S/C21H21FN2O3S/c1-28(26,27)24(18-13-11-17(22)12-14-18)15-5-10-21(25)23-20-9-4-7-16-6-2-3-8-19(16)20/h2-4,6-9,11-14H,5,10,15H2,1H3,(H,23,25). The number of carbonyl (C=O) groups is 1. The van der Waals surface area contributed by atoms with Gasteiger partial charge < -0.3 is 5.32 Å². The van der Waals surface area contributed by atoms with Gasteiger partial charge in [0, 0.05) is 24.0 Å². The maximum absolute atomic E-state index is 13.1. The van der Waals surface area contributed by atoms with Crippen molar-refractivity contribution in [1.82, 2.24) is 0 Å². The normalized spacial score (nSPS) is 11.4.